The molecule has 0 fully saturated rings. The Morgan fingerprint density at radius 3 is 2.53 bits per heavy atom. The molecule has 0 aliphatic rings. The minimum absolute atomic E-state index is 0.143. The van der Waals surface area contributed by atoms with E-state index in [0.717, 1.165) is 12.0 Å². The van der Waals surface area contributed by atoms with Gasteiger partial charge in [-0.3, -0.25) is 4.79 Å². The van der Waals surface area contributed by atoms with Crippen LogP contribution in [0.1, 0.15) is 18.9 Å². The highest BCUT2D eigenvalue weighted by Crippen LogP contribution is 2.10. The van der Waals surface area contributed by atoms with Crippen molar-refractivity contribution in [2.75, 3.05) is 0 Å². The molecule has 80 valence electrons. The Labute approximate surface area is 90.3 Å². The van der Waals surface area contributed by atoms with E-state index in [0.29, 0.717) is 12.0 Å². The van der Waals surface area contributed by atoms with Crippen molar-refractivity contribution in [1.82, 2.24) is 0 Å². The third kappa shape index (κ3) is 3.68. The monoisotopic (exact) mass is 204 g/mol. The molecular weight excluding hydrogens is 188 g/mol. The Kier molecular flexibility index (Phi) is 4.25. The molecule has 0 amide bonds. The number of aliphatic hydroxyl groups excluding tert-OH is 1. The summed E-state index contributed by atoms with van der Waals surface area (Å²) < 4.78 is 0. The lowest BCUT2D eigenvalue weighted by Crippen LogP contribution is -2.15. The molecule has 1 rings (SSSR count). The summed E-state index contributed by atoms with van der Waals surface area (Å²) >= 11 is 0. The molecule has 1 aromatic rings. The van der Waals surface area contributed by atoms with Gasteiger partial charge in [0.25, 0.3) is 0 Å². The van der Waals surface area contributed by atoms with Crippen LogP contribution < -0.4 is 0 Å². The first-order valence-electron chi connectivity index (χ1n) is 5.03. The van der Waals surface area contributed by atoms with Gasteiger partial charge in [0.2, 0.25) is 0 Å². The van der Waals surface area contributed by atoms with Crippen LogP contribution >= 0.6 is 0 Å². The zero-order valence-corrected chi connectivity index (χ0v) is 8.94. The molecule has 0 radical (unpaired) electrons. The lowest BCUT2D eigenvalue weighted by molar-refractivity contribution is -0.114. The second kappa shape index (κ2) is 5.47. The van der Waals surface area contributed by atoms with Crippen LogP contribution in [0.15, 0.2) is 42.5 Å². The van der Waals surface area contributed by atoms with Crippen molar-refractivity contribution in [2.24, 2.45) is 0 Å². The summed E-state index contributed by atoms with van der Waals surface area (Å²) in [6.45, 7) is 4.99. The summed E-state index contributed by atoms with van der Waals surface area (Å²) in [7, 11) is 0. The Bertz CT molecular complexity index is 341. The minimum Gasteiger partial charge on any atom is -0.388 e. The van der Waals surface area contributed by atoms with Crippen LogP contribution in [0.2, 0.25) is 0 Å². The smallest absolute Gasteiger partial charge is 0.157 e. The van der Waals surface area contributed by atoms with Gasteiger partial charge in [0.15, 0.2) is 5.78 Å². The largest absolute Gasteiger partial charge is 0.388 e. The van der Waals surface area contributed by atoms with Gasteiger partial charge in [0, 0.05) is 5.57 Å². The van der Waals surface area contributed by atoms with Crippen molar-refractivity contribution < 1.29 is 9.90 Å². The SMILES string of the molecule is C=C(C(C)=O)[C@@H](O)CCc1ccccc1. The Hall–Kier alpha value is -1.41. The highest BCUT2D eigenvalue weighted by atomic mass is 16.3. The number of carbonyl (C=O) groups is 1. The molecule has 0 unspecified atom stereocenters. The summed E-state index contributed by atoms with van der Waals surface area (Å²) in [6.07, 6.45) is 0.583. The second-order valence-corrected chi connectivity index (χ2v) is 3.62. The van der Waals surface area contributed by atoms with Crippen molar-refractivity contribution in [3.63, 3.8) is 0 Å². The van der Waals surface area contributed by atoms with E-state index in [4.69, 9.17) is 0 Å². The quantitative estimate of drug-likeness (QED) is 0.746. The molecular formula is C13H16O2. The maximum atomic E-state index is 10.9. The third-order valence-corrected chi connectivity index (χ3v) is 2.40. The molecule has 0 aromatic heterocycles. The van der Waals surface area contributed by atoms with E-state index in [-0.39, 0.29) is 5.78 Å². The van der Waals surface area contributed by atoms with Gasteiger partial charge in [-0.05, 0) is 25.3 Å². The first-order chi connectivity index (χ1) is 7.11. The summed E-state index contributed by atoms with van der Waals surface area (Å²) in [5.74, 6) is -0.143. The first kappa shape index (κ1) is 11.7. The van der Waals surface area contributed by atoms with Gasteiger partial charge >= 0.3 is 0 Å². The molecule has 0 saturated carbocycles. The number of Topliss-reactive ketones (excluding diaryl/α,β-unsaturated/α-hetero) is 1. The topological polar surface area (TPSA) is 37.3 Å². The number of ketones is 1. The Morgan fingerprint density at radius 1 is 1.40 bits per heavy atom. The molecule has 0 spiro atoms. The van der Waals surface area contributed by atoms with Crippen LogP contribution in [0, 0.1) is 0 Å². The number of benzene rings is 1. The molecule has 0 aliphatic heterocycles. The zero-order valence-electron chi connectivity index (χ0n) is 8.94. The van der Waals surface area contributed by atoms with Gasteiger partial charge in [-0.15, -0.1) is 0 Å². The molecule has 1 aromatic carbocycles. The van der Waals surface area contributed by atoms with E-state index < -0.39 is 6.10 Å². The second-order valence-electron chi connectivity index (χ2n) is 3.62. The molecule has 1 N–H and O–H groups in total. The molecule has 2 nitrogen and oxygen atoms in total. The van der Waals surface area contributed by atoms with E-state index in [1.165, 1.54) is 6.92 Å². The van der Waals surface area contributed by atoms with Gasteiger partial charge in [-0.1, -0.05) is 36.9 Å². The Balaban J connectivity index is 2.44. The van der Waals surface area contributed by atoms with E-state index >= 15 is 0 Å². The fourth-order valence-electron chi connectivity index (χ4n) is 1.36. The molecule has 0 saturated heterocycles. The molecule has 0 aliphatic carbocycles. The normalized spacial score (nSPS) is 12.1. The summed E-state index contributed by atoms with van der Waals surface area (Å²) in [4.78, 5) is 10.9. The fraction of sp³-hybridized carbons (Fsp3) is 0.308. The number of aliphatic hydroxyl groups is 1. The average molecular weight is 204 g/mol. The molecule has 0 bridgehead atoms. The van der Waals surface area contributed by atoms with Crippen LogP contribution in [0.5, 0.6) is 0 Å². The first-order valence-corrected chi connectivity index (χ1v) is 5.03. The van der Waals surface area contributed by atoms with E-state index in [1.54, 1.807) is 0 Å². The summed E-state index contributed by atoms with van der Waals surface area (Å²) in [6, 6.07) is 9.88. The average Bonchev–Trinajstić information content (AvgIpc) is 2.26. The van der Waals surface area contributed by atoms with E-state index in [1.807, 2.05) is 30.3 Å². The van der Waals surface area contributed by atoms with Crippen LogP contribution in [0.3, 0.4) is 0 Å². The summed E-state index contributed by atoms with van der Waals surface area (Å²) in [5, 5.41) is 9.63. The third-order valence-electron chi connectivity index (χ3n) is 2.40. The van der Waals surface area contributed by atoms with Crippen LogP contribution in [0.25, 0.3) is 0 Å². The number of aryl methyl sites for hydroxylation is 1. The predicted molar refractivity (Wildman–Crippen MR) is 60.6 cm³/mol. The van der Waals surface area contributed by atoms with Gasteiger partial charge < -0.3 is 5.11 Å². The van der Waals surface area contributed by atoms with Crippen LogP contribution in [-0.2, 0) is 11.2 Å². The van der Waals surface area contributed by atoms with Crippen LogP contribution in [0.4, 0.5) is 0 Å². The number of hydrogen-bond acceptors (Lipinski definition) is 2. The van der Waals surface area contributed by atoms with Gasteiger partial charge in [0.1, 0.15) is 0 Å². The number of rotatable bonds is 5. The number of hydrogen-bond donors (Lipinski definition) is 1. The van der Waals surface area contributed by atoms with Crippen molar-refractivity contribution >= 4 is 5.78 Å². The van der Waals surface area contributed by atoms with Crippen molar-refractivity contribution in [3.05, 3.63) is 48.0 Å². The highest BCUT2D eigenvalue weighted by molar-refractivity contribution is 5.93. The van der Waals surface area contributed by atoms with Crippen molar-refractivity contribution in [1.29, 1.82) is 0 Å². The molecule has 2 heteroatoms. The van der Waals surface area contributed by atoms with Gasteiger partial charge in [-0.2, -0.15) is 0 Å². The minimum atomic E-state index is -0.720. The van der Waals surface area contributed by atoms with E-state index in [2.05, 4.69) is 6.58 Å². The highest BCUT2D eigenvalue weighted by Gasteiger charge is 2.12. The zero-order chi connectivity index (χ0) is 11.3. The maximum Gasteiger partial charge on any atom is 0.157 e. The van der Waals surface area contributed by atoms with Gasteiger partial charge in [0.05, 0.1) is 6.10 Å². The molecule has 1 atom stereocenters. The fourth-order valence-corrected chi connectivity index (χ4v) is 1.36. The van der Waals surface area contributed by atoms with Crippen molar-refractivity contribution in [2.45, 2.75) is 25.9 Å². The lowest BCUT2D eigenvalue weighted by atomic mass is 10.0. The van der Waals surface area contributed by atoms with Crippen LogP contribution in [-0.4, -0.2) is 17.0 Å². The standard InChI is InChI=1S/C13H16O2/c1-10(11(2)14)13(15)9-8-12-6-4-3-5-7-12/h3-7,13,15H,1,8-9H2,2H3/t13-/m0/s1. The van der Waals surface area contributed by atoms with E-state index in [9.17, 15) is 9.90 Å². The summed E-state index contributed by atoms with van der Waals surface area (Å²) in [5.41, 5.74) is 1.46. The number of carbonyl (C=O) groups excluding carboxylic acids is 1. The van der Waals surface area contributed by atoms with Gasteiger partial charge in [-0.25, -0.2) is 0 Å². The Morgan fingerprint density at radius 2 is 2.00 bits per heavy atom. The maximum absolute atomic E-state index is 10.9. The lowest BCUT2D eigenvalue weighted by Gasteiger charge is -2.10. The molecule has 15 heavy (non-hydrogen) atoms. The predicted octanol–water partition coefficient (Wildman–Crippen LogP) is 2.13. The van der Waals surface area contributed by atoms with Crippen molar-refractivity contribution in [3.8, 4) is 0 Å². The molecule has 0 heterocycles.